The van der Waals surface area contributed by atoms with Gasteiger partial charge in [0, 0.05) is 6.04 Å². The van der Waals surface area contributed by atoms with Gasteiger partial charge in [0.2, 0.25) is 5.76 Å². The van der Waals surface area contributed by atoms with Crippen LogP contribution in [0.25, 0.3) is 11.0 Å². The van der Waals surface area contributed by atoms with Crippen molar-refractivity contribution in [2.45, 2.75) is 18.5 Å². The van der Waals surface area contributed by atoms with E-state index in [1.807, 2.05) is 0 Å². The standard InChI is InChI=1S/C23H20N2O7S/c24-18(26)11-31-15-7-5-13(6-8-15)20-19-21(27)16-3-1-2-4-17(16)32-22(19)23(28)25(20)14-9-10-33(29,30)12-14/h1-8,14,20H,9-12H2,(H2,24,26). The van der Waals surface area contributed by atoms with Gasteiger partial charge in [-0.1, -0.05) is 24.3 Å². The minimum Gasteiger partial charge on any atom is -0.484 e. The van der Waals surface area contributed by atoms with Gasteiger partial charge in [-0.2, -0.15) is 0 Å². The minimum atomic E-state index is -3.29. The third kappa shape index (κ3) is 3.66. The fourth-order valence-corrected chi connectivity index (χ4v) is 6.25. The zero-order chi connectivity index (χ0) is 23.3. The number of benzene rings is 2. The van der Waals surface area contributed by atoms with Crippen molar-refractivity contribution in [2.75, 3.05) is 18.1 Å². The molecule has 2 unspecified atom stereocenters. The van der Waals surface area contributed by atoms with Crippen LogP contribution < -0.4 is 15.9 Å². The van der Waals surface area contributed by atoms with Crippen molar-refractivity contribution in [3.63, 3.8) is 0 Å². The molecule has 0 aliphatic carbocycles. The van der Waals surface area contributed by atoms with Crippen LogP contribution in [-0.2, 0) is 14.6 Å². The molecule has 2 aromatic carbocycles. The third-order valence-corrected chi connectivity index (χ3v) is 7.74. The maximum atomic E-state index is 13.4. The summed E-state index contributed by atoms with van der Waals surface area (Å²) >= 11 is 0. The number of ether oxygens (including phenoxy) is 1. The SMILES string of the molecule is NC(=O)COc1ccc(C2c3c(oc4ccccc4c3=O)C(=O)N2C2CCS(=O)(=O)C2)cc1. The van der Waals surface area contributed by atoms with Gasteiger partial charge >= 0.3 is 0 Å². The van der Waals surface area contributed by atoms with E-state index in [1.54, 1.807) is 48.5 Å². The van der Waals surface area contributed by atoms with E-state index >= 15 is 0 Å². The summed E-state index contributed by atoms with van der Waals surface area (Å²) in [4.78, 5) is 39.3. The number of rotatable bonds is 5. The van der Waals surface area contributed by atoms with Crippen molar-refractivity contribution >= 4 is 32.6 Å². The predicted octanol–water partition coefficient (Wildman–Crippen LogP) is 1.39. The van der Waals surface area contributed by atoms with Gasteiger partial charge < -0.3 is 19.8 Å². The Balaban J connectivity index is 1.64. The van der Waals surface area contributed by atoms with E-state index in [9.17, 15) is 22.8 Å². The van der Waals surface area contributed by atoms with Gasteiger partial charge in [0.25, 0.3) is 11.8 Å². The zero-order valence-electron chi connectivity index (χ0n) is 17.4. The predicted molar refractivity (Wildman–Crippen MR) is 119 cm³/mol. The highest BCUT2D eigenvalue weighted by Gasteiger charge is 2.48. The maximum absolute atomic E-state index is 13.4. The number of nitrogens with zero attached hydrogens (tertiary/aromatic N) is 1. The molecule has 2 aliphatic heterocycles. The van der Waals surface area contributed by atoms with Crippen LogP contribution in [0.1, 0.15) is 34.1 Å². The first-order valence-electron chi connectivity index (χ1n) is 10.3. The van der Waals surface area contributed by atoms with E-state index < -0.39 is 33.7 Å². The lowest BCUT2D eigenvalue weighted by atomic mass is 9.97. The quantitative estimate of drug-likeness (QED) is 0.597. The molecular weight excluding hydrogens is 448 g/mol. The van der Waals surface area contributed by atoms with Crippen LogP contribution in [0.2, 0.25) is 0 Å². The molecule has 0 bridgehead atoms. The van der Waals surface area contributed by atoms with Gasteiger partial charge in [-0.25, -0.2) is 8.42 Å². The summed E-state index contributed by atoms with van der Waals surface area (Å²) in [5.41, 5.74) is 5.86. The number of fused-ring (bicyclic) bond motifs is 2. The Labute approximate surface area is 188 Å². The zero-order valence-corrected chi connectivity index (χ0v) is 18.2. The van der Waals surface area contributed by atoms with Gasteiger partial charge in [-0.3, -0.25) is 14.4 Å². The Morgan fingerprint density at radius 2 is 1.85 bits per heavy atom. The highest BCUT2D eigenvalue weighted by atomic mass is 32.2. The summed E-state index contributed by atoms with van der Waals surface area (Å²) in [5, 5.41) is 0.344. The van der Waals surface area contributed by atoms with Crippen LogP contribution in [0.4, 0.5) is 0 Å². The molecule has 0 radical (unpaired) electrons. The van der Waals surface area contributed by atoms with Crippen LogP contribution in [0.15, 0.2) is 57.7 Å². The van der Waals surface area contributed by atoms with Crippen LogP contribution in [0, 0.1) is 0 Å². The van der Waals surface area contributed by atoms with Gasteiger partial charge in [0.1, 0.15) is 11.3 Å². The average Bonchev–Trinajstić information content (AvgIpc) is 3.29. The Hall–Kier alpha value is -3.66. The largest absolute Gasteiger partial charge is 0.484 e. The minimum absolute atomic E-state index is 0.0201. The van der Waals surface area contributed by atoms with Crippen molar-refractivity contribution in [1.29, 1.82) is 0 Å². The van der Waals surface area contributed by atoms with Gasteiger partial charge in [-0.05, 0) is 36.2 Å². The average molecular weight is 468 g/mol. The molecule has 1 fully saturated rings. The lowest BCUT2D eigenvalue weighted by molar-refractivity contribution is -0.119. The van der Waals surface area contributed by atoms with Crippen LogP contribution in [0.3, 0.4) is 0 Å². The molecule has 33 heavy (non-hydrogen) atoms. The summed E-state index contributed by atoms with van der Waals surface area (Å²) in [6.45, 7) is -0.286. The fourth-order valence-electron chi connectivity index (χ4n) is 4.54. The summed E-state index contributed by atoms with van der Waals surface area (Å²) in [5.74, 6) is -0.990. The van der Waals surface area contributed by atoms with Crippen molar-refractivity contribution in [2.24, 2.45) is 5.73 Å². The Kier molecular flexibility index (Phi) is 4.97. The van der Waals surface area contributed by atoms with Crippen molar-refractivity contribution in [1.82, 2.24) is 4.90 Å². The van der Waals surface area contributed by atoms with Gasteiger partial charge in [0.05, 0.1) is 28.5 Å². The molecule has 0 saturated carbocycles. The number of nitrogens with two attached hydrogens (primary N) is 1. The molecule has 3 aromatic rings. The molecule has 1 saturated heterocycles. The molecule has 2 atom stereocenters. The molecule has 5 rings (SSSR count). The molecule has 2 amide bonds. The second kappa shape index (κ2) is 7.73. The Bertz CT molecular complexity index is 1440. The first-order chi connectivity index (χ1) is 15.7. The number of hydrogen-bond donors (Lipinski definition) is 1. The monoisotopic (exact) mass is 468 g/mol. The summed E-state index contributed by atoms with van der Waals surface area (Å²) in [6, 6.07) is 11.8. The molecule has 170 valence electrons. The highest BCUT2D eigenvalue weighted by molar-refractivity contribution is 7.91. The van der Waals surface area contributed by atoms with Gasteiger partial charge in [0.15, 0.2) is 21.9 Å². The smallest absolute Gasteiger partial charge is 0.291 e. The second-order valence-electron chi connectivity index (χ2n) is 8.17. The molecular formula is C23H20N2O7S. The van der Waals surface area contributed by atoms with Crippen LogP contribution in [-0.4, -0.2) is 49.3 Å². The molecule has 3 heterocycles. The molecule has 1 aromatic heterocycles. The van der Waals surface area contributed by atoms with Crippen LogP contribution >= 0.6 is 0 Å². The molecule has 2 aliphatic rings. The van der Waals surface area contributed by atoms with E-state index in [2.05, 4.69) is 0 Å². The summed E-state index contributed by atoms with van der Waals surface area (Å²) in [6.07, 6.45) is 0.284. The highest BCUT2D eigenvalue weighted by Crippen LogP contribution is 2.41. The first-order valence-corrected chi connectivity index (χ1v) is 12.2. The van der Waals surface area contributed by atoms with Crippen LogP contribution in [0.5, 0.6) is 5.75 Å². The Morgan fingerprint density at radius 3 is 2.52 bits per heavy atom. The van der Waals surface area contributed by atoms with E-state index in [0.717, 1.165) is 0 Å². The number of para-hydroxylation sites is 1. The first kappa shape index (κ1) is 21.2. The fraction of sp³-hybridized carbons (Fsp3) is 0.261. The lowest BCUT2D eigenvalue weighted by Crippen LogP contribution is -2.40. The number of hydrogen-bond acceptors (Lipinski definition) is 7. The lowest BCUT2D eigenvalue weighted by Gasteiger charge is -2.30. The van der Waals surface area contributed by atoms with E-state index in [1.165, 1.54) is 4.90 Å². The molecule has 9 nitrogen and oxygen atoms in total. The number of carbonyl (C=O) groups excluding carboxylic acids is 2. The topological polar surface area (TPSA) is 137 Å². The number of sulfone groups is 1. The summed E-state index contributed by atoms with van der Waals surface area (Å²) in [7, 11) is -3.29. The van der Waals surface area contributed by atoms with E-state index in [-0.39, 0.29) is 41.3 Å². The van der Waals surface area contributed by atoms with Gasteiger partial charge in [-0.15, -0.1) is 0 Å². The van der Waals surface area contributed by atoms with E-state index in [0.29, 0.717) is 22.3 Å². The summed E-state index contributed by atoms with van der Waals surface area (Å²) < 4.78 is 35.5. The number of carbonyl (C=O) groups is 2. The Morgan fingerprint density at radius 1 is 1.12 bits per heavy atom. The number of amides is 2. The van der Waals surface area contributed by atoms with Crippen molar-refractivity contribution in [3.8, 4) is 5.75 Å². The third-order valence-electron chi connectivity index (χ3n) is 5.99. The van der Waals surface area contributed by atoms with Crippen molar-refractivity contribution < 1.29 is 27.2 Å². The second-order valence-corrected chi connectivity index (χ2v) is 10.4. The molecule has 2 N–H and O–H groups in total. The van der Waals surface area contributed by atoms with Crippen molar-refractivity contribution in [3.05, 3.63) is 75.6 Å². The molecule has 10 heteroatoms. The molecule has 0 spiro atoms. The maximum Gasteiger partial charge on any atom is 0.291 e. The normalized spacial score (nSPS) is 21.3. The number of primary amides is 1. The van der Waals surface area contributed by atoms with E-state index in [4.69, 9.17) is 14.9 Å².